The van der Waals surface area contributed by atoms with Crippen LogP contribution in [0.15, 0.2) is 60.7 Å². The fourth-order valence-corrected chi connectivity index (χ4v) is 3.87. The Hall–Kier alpha value is -3.67. The number of nitrogens with one attached hydrogen (secondary N) is 1. The van der Waals surface area contributed by atoms with Crippen molar-refractivity contribution in [2.24, 2.45) is 0 Å². The molecule has 5 rings (SSSR count). The van der Waals surface area contributed by atoms with Crippen LogP contribution in [-0.4, -0.2) is 27.3 Å². The molecule has 1 amide bonds. The van der Waals surface area contributed by atoms with Crippen molar-refractivity contribution in [3.63, 3.8) is 0 Å². The first kappa shape index (κ1) is 19.3. The van der Waals surface area contributed by atoms with Gasteiger partial charge in [0.2, 0.25) is 0 Å². The predicted octanol–water partition coefficient (Wildman–Crippen LogP) is 5.26. The van der Waals surface area contributed by atoms with E-state index in [2.05, 4.69) is 5.32 Å². The lowest BCUT2D eigenvalue weighted by Crippen LogP contribution is -2.14. The van der Waals surface area contributed by atoms with E-state index in [0.717, 1.165) is 41.0 Å². The molecule has 2 aromatic heterocycles. The van der Waals surface area contributed by atoms with Gasteiger partial charge in [-0.1, -0.05) is 30.3 Å². The number of hydrogen-bond donors (Lipinski definition) is 1. The van der Waals surface area contributed by atoms with Crippen molar-refractivity contribution in [1.29, 1.82) is 0 Å². The van der Waals surface area contributed by atoms with E-state index in [1.807, 2.05) is 79.2 Å². The number of benzene rings is 2. The summed E-state index contributed by atoms with van der Waals surface area (Å²) in [4.78, 5) is 18.4. The molecule has 1 aliphatic rings. The van der Waals surface area contributed by atoms with E-state index < -0.39 is 0 Å². The molecule has 31 heavy (non-hydrogen) atoms. The first-order chi connectivity index (χ1) is 15.2. The predicted molar refractivity (Wildman–Crippen MR) is 121 cm³/mol. The van der Waals surface area contributed by atoms with Crippen LogP contribution in [0.4, 0.5) is 5.69 Å². The molecule has 4 aromatic rings. The largest absolute Gasteiger partial charge is 0.492 e. The molecule has 0 aliphatic heterocycles. The lowest BCUT2D eigenvalue weighted by molar-refractivity contribution is 0.102. The second-order valence-electron chi connectivity index (χ2n) is 7.78. The topological polar surface area (TPSA) is 69.0 Å². The molecule has 1 N–H and O–H groups in total. The molecule has 1 saturated carbocycles. The van der Waals surface area contributed by atoms with Crippen molar-refractivity contribution < 1.29 is 9.53 Å². The van der Waals surface area contributed by atoms with Gasteiger partial charge in [-0.2, -0.15) is 5.10 Å². The zero-order chi connectivity index (χ0) is 21.4. The maximum atomic E-state index is 13.4. The standard InChI is InChI=1S/C25H24N4O2/c1-3-31-22-12-8-7-11-20(22)27-25(30)19-15-21(17-13-14-17)26-24-23(19)16(2)28-29(24)18-9-5-4-6-10-18/h4-12,15,17H,3,13-14H2,1-2H3,(H,27,30). The molecular weight excluding hydrogens is 388 g/mol. The van der Waals surface area contributed by atoms with E-state index >= 15 is 0 Å². The van der Waals surface area contributed by atoms with Crippen molar-refractivity contribution in [2.45, 2.75) is 32.6 Å². The fourth-order valence-electron chi connectivity index (χ4n) is 3.87. The van der Waals surface area contributed by atoms with E-state index in [9.17, 15) is 4.79 Å². The molecule has 1 aliphatic carbocycles. The number of anilines is 1. The molecule has 156 valence electrons. The lowest BCUT2D eigenvalue weighted by Gasteiger charge is -2.13. The van der Waals surface area contributed by atoms with Crippen molar-refractivity contribution in [2.75, 3.05) is 11.9 Å². The monoisotopic (exact) mass is 412 g/mol. The third kappa shape index (κ3) is 3.65. The molecule has 6 nitrogen and oxygen atoms in total. The summed E-state index contributed by atoms with van der Waals surface area (Å²) in [5.74, 6) is 0.881. The van der Waals surface area contributed by atoms with E-state index in [0.29, 0.717) is 29.5 Å². The summed E-state index contributed by atoms with van der Waals surface area (Å²) >= 11 is 0. The van der Waals surface area contributed by atoms with E-state index in [1.165, 1.54) is 0 Å². The molecule has 6 heteroatoms. The zero-order valence-electron chi connectivity index (χ0n) is 17.6. The van der Waals surface area contributed by atoms with Crippen molar-refractivity contribution in [1.82, 2.24) is 14.8 Å². The van der Waals surface area contributed by atoms with Gasteiger partial charge in [-0.15, -0.1) is 0 Å². The van der Waals surface area contributed by atoms with Gasteiger partial charge in [-0.05, 0) is 57.0 Å². The van der Waals surface area contributed by atoms with Gasteiger partial charge in [0.15, 0.2) is 5.65 Å². The summed E-state index contributed by atoms with van der Waals surface area (Å²) in [7, 11) is 0. The molecule has 0 atom stereocenters. The minimum atomic E-state index is -0.183. The summed E-state index contributed by atoms with van der Waals surface area (Å²) in [6.07, 6.45) is 2.20. The van der Waals surface area contributed by atoms with Crippen LogP contribution in [0.5, 0.6) is 5.75 Å². The number of ether oxygens (including phenoxy) is 1. The molecule has 0 spiro atoms. The van der Waals surface area contributed by atoms with E-state index in [-0.39, 0.29) is 5.91 Å². The van der Waals surface area contributed by atoms with Gasteiger partial charge in [-0.25, -0.2) is 9.67 Å². The minimum Gasteiger partial charge on any atom is -0.492 e. The Balaban J connectivity index is 1.63. The summed E-state index contributed by atoms with van der Waals surface area (Å²) in [6.45, 7) is 4.38. The maximum Gasteiger partial charge on any atom is 0.256 e. The van der Waals surface area contributed by atoms with E-state index in [4.69, 9.17) is 14.8 Å². The Morgan fingerprint density at radius 2 is 1.87 bits per heavy atom. The van der Waals surface area contributed by atoms with Crippen LogP contribution < -0.4 is 10.1 Å². The molecular formula is C25H24N4O2. The first-order valence-corrected chi connectivity index (χ1v) is 10.6. The van der Waals surface area contributed by atoms with Gasteiger partial charge in [0.25, 0.3) is 5.91 Å². The number of aryl methyl sites for hydroxylation is 1. The van der Waals surface area contributed by atoms with Crippen LogP contribution in [0.1, 0.15) is 47.4 Å². The Bertz CT molecular complexity index is 1260. The Morgan fingerprint density at radius 1 is 1.13 bits per heavy atom. The second-order valence-corrected chi connectivity index (χ2v) is 7.78. The van der Waals surface area contributed by atoms with Gasteiger partial charge < -0.3 is 10.1 Å². The number of carbonyl (C=O) groups is 1. The summed E-state index contributed by atoms with van der Waals surface area (Å²) in [6, 6.07) is 19.3. The van der Waals surface area contributed by atoms with Gasteiger partial charge >= 0.3 is 0 Å². The molecule has 2 heterocycles. The highest BCUT2D eigenvalue weighted by atomic mass is 16.5. The highest BCUT2D eigenvalue weighted by molar-refractivity contribution is 6.13. The molecule has 1 fully saturated rings. The minimum absolute atomic E-state index is 0.183. The third-order valence-electron chi connectivity index (χ3n) is 5.51. The Labute approximate surface area is 180 Å². The van der Waals surface area contributed by atoms with Crippen LogP contribution in [0.2, 0.25) is 0 Å². The van der Waals surface area contributed by atoms with Gasteiger partial charge in [0.05, 0.1) is 34.6 Å². The quantitative estimate of drug-likeness (QED) is 0.469. The van der Waals surface area contributed by atoms with Gasteiger partial charge in [-0.3, -0.25) is 4.79 Å². The van der Waals surface area contributed by atoms with Crippen LogP contribution in [0.25, 0.3) is 16.7 Å². The highest BCUT2D eigenvalue weighted by Crippen LogP contribution is 2.41. The van der Waals surface area contributed by atoms with Crippen molar-refractivity contribution >= 4 is 22.6 Å². The van der Waals surface area contributed by atoms with Crippen LogP contribution >= 0.6 is 0 Å². The number of hydrogen-bond acceptors (Lipinski definition) is 4. The summed E-state index contributed by atoms with van der Waals surface area (Å²) in [5, 5.41) is 8.54. The van der Waals surface area contributed by atoms with Crippen molar-refractivity contribution in [3.8, 4) is 11.4 Å². The smallest absolute Gasteiger partial charge is 0.256 e. The van der Waals surface area contributed by atoms with Crippen LogP contribution in [0, 0.1) is 6.92 Å². The summed E-state index contributed by atoms with van der Waals surface area (Å²) in [5.41, 5.74) is 4.62. The number of amides is 1. The van der Waals surface area contributed by atoms with Crippen molar-refractivity contribution in [3.05, 3.63) is 77.6 Å². The van der Waals surface area contributed by atoms with E-state index in [1.54, 1.807) is 0 Å². The lowest BCUT2D eigenvalue weighted by atomic mass is 10.1. The molecule has 0 radical (unpaired) electrons. The summed E-state index contributed by atoms with van der Waals surface area (Å²) < 4.78 is 7.51. The number of nitrogens with zero attached hydrogens (tertiary/aromatic N) is 3. The first-order valence-electron chi connectivity index (χ1n) is 10.6. The average Bonchev–Trinajstić information content (AvgIpc) is 3.59. The number of para-hydroxylation sites is 3. The normalized spacial score (nSPS) is 13.4. The van der Waals surface area contributed by atoms with Gasteiger partial charge in [0.1, 0.15) is 5.75 Å². The zero-order valence-corrected chi connectivity index (χ0v) is 17.6. The number of carbonyl (C=O) groups excluding carboxylic acids is 1. The molecule has 0 bridgehead atoms. The number of aromatic nitrogens is 3. The average molecular weight is 412 g/mol. The number of fused-ring (bicyclic) bond motifs is 1. The van der Waals surface area contributed by atoms with Crippen LogP contribution in [0.3, 0.4) is 0 Å². The number of pyridine rings is 1. The fraction of sp³-hybridized carbons (Fsp3) is 0.240. The Morgan fingerprint density at radius 3 is 2.61 bits per heavy atom. The van der Waals surface area contributed by atoms with Gasteiger partial charge in [0, 0.05) is 11.6 Å². The molecule has 2 aromatic carbocycles. The maximum absolute atomic E-state index is 13.4. The molecule has 0 unspecified atom stereocenters. The van der Waals surface area contributed by atoms with Crippen LogP contribution in [-0.2, 0) is 0 Å². The SMILES string of the molecule is CCOc1ccccc1NC(=O)c1cc(C2CC2)nc2c1c(C)nn2-c1ccccc1. The third-order valence-corrected chi connectivity index (χ3v) is 5.51. The Kier molecular flexibility index (Phi) is 4.90. The highest BCUT2D eigenvalue weighted by Gasteiger charge is 2.29. The second kappa shape index (κ2) is 7.87. The molecule has 0 saturated heterocycles. The number of rotatable bonds is 6.